The minimum atomic E-state index is -3.94. The van der Waals surface area contributed by atoms with Gasteiger partial charge in [0, 0.05) is 29.2 Å². The van der Waals surface area contributed by atoms with Crippen LogP contribution in [0, 0.1) is 0 Å². The van der Waals surface area contributed by atoms with Crippen LogP contribution >= 0.6 is 46.4 Å². The molecule has 0 radical (unpaired) electrons. The van der Waals surface area contributed by atoms with Gasteiger partial charge in [-0.1, -0.05) is 66.0 Å². The molecule has 0 aliphatic carbocycles. The number of carbonyl (C=O) groups is 1. The maximum absolute atomic E-state index is 13.8. The first-order valence-corrected chi connectivity index (χ1v) is 16.9. The third-order valence-electron chi connectivity index (χ3n) is 8.34. The second-order valence-electron chi connectivity index (χ2n) is 10.9. The molecular weight excluding hydrogens is 652 g/mol. The Morgan fingerprint density at radius 1 is 0.930 bits per heavy atom. The van der Waals surface area contributed by atoms with Crippen LogP contribution < -0.4 is 4.74 Å². The van der Waals surface area contributed by atoms with E-state index < -0.39 is 26.5 Å². The van der Waals surface area contributed by atoms with E-state index in [9.17, 15) is 13.2 Å². The monoisotopic (exact) mass is 681 g/mol. The molecule has 3 aromatic carbocycles. The average Bonchev–Trinajstić information content (AvgIpc) is 3.59. The van der Waals surface area contributed by atoms with E-state index >= 15 is 0 Å². The molecule has 2 aliphatic rings. The summed E-state index contributed by atoms with van der Waals surface area (Å²) in [6, 6.07) is 17.2. The highest BCUT2D eigenvalue weighted by Crippen LogP contribution is 2.54. The van der Waals surface area contributed by atoms with Gasteiger partial charge in [-0.15, -0.1) is 0 Å². The van der Waals surface area contributed by atoms with Crippen LogP contribution in [-0.2, 0) is 21.1 Å². The number of carbonyl (C=O) groups excluding carboxylic acids is 1. The quantitative estimate of drug-likeness (QED) is 0.176. The standard InChI is InChI=1S/C31H31Cl4N3O4S/c1-4-17-42-26-19-25(34)27(43(40,41)37-15-5-6-16-37)18-24(26)28-36-30(2,20-7-11-22(32)12-8-20)31(3,38(28)29(35)39)21-9-13-23(33)14-10-21/h7-14,18-19H,4-6,15-17H2,1-3H3. The molecule has 2 aliphatic heterocycles. The second-order valence-corrected chi connectivity index (χ2v) is 14.4. The Morgan fingerprint density at radius 2 is 1.49 bits per heavy atom. The van der Waals surface area contributed by atoms with Crippen LogP contribution in [0.15, 0.2) is 70.6 Å². The first-order valence-electron chi connectivity index (χ1n) is 13.9. The molecule has 0 saturated carbocycles. The van der Waals surface area contributed by atoms with E-state index in [1.165, 1.54) is 21.3 Å². The number of halogens is 4. The first kappa shape index (κ1) is 32.1. The van der Waals surface area contributed by atoms with Gasteiger partial charge in [-0.25, -0.2) is 8.42 Å². The number of benzene rings is 3. The predicted octanol–water partition coefficient (Wildman–Crippen LogP) is 8.47. The molecule has 43 heavy (non-hydrogen) atoms. The van der Waals surface area contributed by atoms with Crippen LogP contribution in [0.3, 0.4) is 0 Å². The molecule has 0 N–H and O–H groups in total. The Morgan fingerprint density at radius 3 is 2.02 bits per heavy atom. The van der Waals surface area contributed by atoms with Gasteiger partial charge >= 0.3 is 5.37 Å². The van der Waals surface area contributed by atoms with Gasteiger partial charge in [0.05, 0.1) is 17.2 Å². The molecule has 3 aromatic rings. The van der Waals surface area contributed by atoms with Crippen molar-refractivity contribution in [2.45, 2.75) is 56.0 Å². The van der Waals surface area contributed by atoms with E-state index in [-0.39, 0.29) is 27.1 Å². The molecule has 12 heteroatoms. The van der Waals surface area contributed by atoms with Crippen molar-refractivity contribution in [3.63, 3.8) is 0 Å². The Bertz CT molecular complexity index is 1680. The number of hydrogen-bond donors (Lipinski definition) is 0. The van der Waals surface area contributed by atoms with Gasteiger partial charge in [0.1, 0.15) is 27.6 Å². The van der Waals surface area contributed by atoms with Gasteiger partial charge in [-0.05, 0) is 86.2 Å². The maximum Gasteiger partial charge on any atom is 0.322 e. The lowest BCUT2D eigenvalue weighted by Crippen LogP contribution is -2.53. The number of amidine groups is 1. The normalized spacial score (nSPS) is 22.6. The molecule has 5 rings (SSSR count). The SMILES string of the molecule is CCCOc1cc(Cl)c(S(=O)(=O)N2CCCC2)cc1C1=NC(C)(c2ccc(Cl)cc2)C(C)(c2ccc(Cl)cc2)N1C(=O)Cl. The molecule has 2 unspecified atom stereocenters. The highest BCUT2D eigenvalue weighted by molar-refractivity contribution is 7.89. The third kappa shape index (κ3) is 5.55. The fourth-order valence-corrected chi connectivity index (χ4v) is 8.39. The number of amides is 1. The van der Waals surface area contributed by atoms with Gasteiger partial charge < -0.3 is 4.74 Å². The van der Waals surface area contributed by atoms with Crippen molar-refractivity contribution >= 4 is 67.6 Å². The maximum atomic E-state index is 13.8. The van der Waals surface area contributed by atoms with Crippen LogP contribution in [0.1, 0.15) is 56.7 Å². The Kier molecular flexibility index (Phi) is 9.12. The highest BCUT2D eigenvalue weighted by Gasteiger charge is 2.59. The smallest absolute Gasteiger partial charge is 0.322 e. The summed E-state index contributed by atoms with van der Waals surface area (Å²) in [7, 11) is -3.94. The lowest BCUT2D eigenvalue weighted by atomic mass is 9.71. The zero-order valence-corrected chi connectivity index (χ0v) is 27.8. The minimum Gasteiger partial charge on any atom is -0.493 e. The molecule has 7 nitrogen and oxygen atoms in total. The van der Waals surface area contributed by atoms with E-state index in [2.05, 4.69) is 0 Å². The molecule has 1 fully saturated rings. The van der Waals surface area contributed by atoms with Crippen LogP contribution in [0.2, 0.25) is 15.1 Å². The zero-order chi connectivity index (χ0) is 31.2. The van der Waals surface area contributed by atoms with Crippen LogP contribution in [0.5, 0.6) is 5.75 Å². The predicted molar refractivity (Wildman–Crippen MR) is 172 cm³/mol. The van der Waals surface area contributed by atoms with Crippen LogP contribution in [0.25, 0.3) is 0 Å². The van der Waals surface area contributed by atoms with Crippen molar-refractivity contribution < 1.29 is 17.9 Å². The van der Waals surface area contributed by atoms with Gasteiger partial charge in [0.25, 0.3) is 0 Å². The number of ether oxygens (including phenoxy) is 1. The Balaban J connectivity index is 1.81. The van der Waals surface area contributed by atoms with Crippen LogP contribution in [0.4, 0.5) is 4.79 Å². The molecule has 2 heterocycles. The topological polar surface area (TPSA) is 79.3 Å². The summed E-state index contributed by atoms with van der Waals surface area (Å²) < 4.78 is 35.0. The van der Waals surface area contributed by atoms with E-state index in [0.717, 1.165) is 18.4 Å². The van der Waals surface area contributed by atoms with Gasteiger partial charge in [-0.2, -0.15) is 4.31 Å². The van der Waals surface area contributed by atoms with E-state index in [1.54, 1.807) is 24.3 Å². The summed E-state index contributed by atoms with van der Waals surface area (Å²) in [5.74, 6) is 0.434. The Hall–Kier alpha value is -2.33. The fraction of sp³-hybridized carbons (Fsp3) is 0.355. The molecular formula is C31H31Cl4N3O4S. The Labute approximate surface area is 272 Å². The van der Waals surface area contributed by atoms with Crippen molar-refractivity contribution in [2.24, 2.45) is 4.99 Å². The molecule has 0 bridgehead atoms. The van der Waals surface area contributed by atoms with Crippen molar-refractivity contribution in [1.82, 2.24) is 9.21 Å². The fourth-order valence-electron chi connectivity index (χ4n) is 5.85. The minimum absolute atomic E-state index is 0.0185. The van der Waals surface area contributed by atoms with Crippen molar-refractivity contribution in [3.05, 3.63) is 92.4 Å². The molecule has 0 spiro atoms. The average molecular weight is 683 g/mol. The summed E-state index contributed by atoms with van der Waals surface area (Å²) in [6.07, 6.45) is 2.21. The lowest BCUT2D eigenvalue weighted by molar-refractivity contribution is 0.149. The zero-order valence-electron chi connectivity index (χ0n) is 23.9. The third-order valence-corrected chi connectivity index (χ3v) is 11.4. The summed E-state index contributed by atoms with van der Waals surface area (Å²) in [5.41, 5.74) is -0.586. The summed E-state index contributed by atoms with van der Waals surface area (Å²) >= 11 is 25.5. The number of aliphatic imine (C=N–C) groups is 1. The summed E-state index contributed by atoms with van der Waals surface area (Å²) in [6.45, 7) is 6.84. The lowest BCUT2D eigenvalue weighted by Gasteiger charge is -2.44. The largest absolute Gasteiger partial charge is 0.493 e. The number of rotatable bonds is 8. The van der Waals surface area contributed by atoms with Crippen molar-refractivity contribution in [1.29, 1.82) is 0 Å². The molecule has 2 atom stereocenters. The van der Waals surface area contributed by atoms with Crippen molar-refractivity contribution in [2.75, 3.05) is 19.7 Å². The summed E-state index contributed by atoms with van der Waals surface area (Å²) in [4.78, 5) is 20.0. The van der Waals surface area contributed by atoms with E-state index in [0.29, 0.717) is 41.7 Å². The summed E-state index contributed by atoms with van der Waals surface area (Å²) in [5, 5.41) is 0.269. The number of sulfonamides is 1. The first-order chi connectivity index (χ1) is 20.3. The van der Waals surface area contributed by atoms with Gasteiger partial charge in [0.2, 0.25) is 10.0 Å². The number of nitrogens with zero attached hydrogens (tertiary/aromatic N) is 3. The number of hydrogen-bond acceptors (Lipinski definition) is 5. The van der Waals surface area contributed by atoms with Gasteiger partial charge in [-0.3, -0.25) is 14.7 Å². The molecule has 1 amide bonds. The molecule has 1 saturated heterocycles. The van der Waals surface area contributed by atoms with E-state index in [4.69, 9.17) is 56.1 Å². The molecule has 228 valence electrons. The van der Waals surface area contributed by atoms with Crippen molar-refractivity contribution in [3.8, 4) is 5.75 Å². The van der Waals surface area contributed by atoms with E-state index in [1.807, 2.05) is 45.0 Å². The highest BCUT2D eigenvalue weighted by atomic mass is 35.5. The second kappa shape index (κ2) is 12.2. The van der Waals surface area contributed by atoms with Crippen LogP contribution in [-0.4, -0.2) is 48.5 Å². The molecule has 0 aromatic heterocycles. The van der Waals surface area contributed by atoms with Gasteiger partial charge in [0.15, 0.2) is 0 Å².